The van der Waals surface area contributed by atoms with E-state index in [1.54, 1.807) is 0 Å². The summed E-state index contributed by atoms with van der Waals surface area (Å²) in [5, 5.41) is 0. The maximum Gasteiger partial charge on any atom is 0.185 e. The molecule has 2 saturated carbocycles. The monoisotopic (exact) mass is 851 g/mol. The topological polar surface area (TPSA) is 196 Å². The zero-order valence-corrected chi connectivity index (χ0v) is 37.7. The maximum atomic E-state index is 5.66. The van der Waals surface area contributed by atoms with Crippen LogP contribution in [0.4, 0.5) is 5.69 Å². The molecule has 4 aliphatic carbocycles. The van der Waals surface area contributed by atoms with Gasteiger partial charge in [0.1, 0.15) is 0 Å². The lowest BCUT2D eigenvalue weighted by molar-refractivity contribution is 0.302. The van der Waals surface area contributed by atoms with Crippen LogP contribution in [0.2, 0.25) is 0 Å². The molecule has 7 rings (SSSR count). The summed E-state index contributed by atoms with van der Waals surface area (Å²) in [6.07, 6.45) is 44.1. The lowest BCUT2D eigenvalue weighted by atomic mass is 9.73. The highest BCUT2D eigenvalue weighted by Gasteiger charge is 2.42. The van der Waals surface area contributed by atoms with E-state index in [0.29, 0.717) is 36.9 Å². The Labute approximate surface area is 377 Å². The number of aryl methyl sites for hydroxylation is 1. The molecule has 336 valence electrons. The lowest BCUT2D eigenvalue weighted by Gasteiger charge is -2.38. The predicted octanol–water partition coefficient (Wildman–Crippen LogP) is 8.96. The Morgan fingerprint density at radius 1 is 0.603 bits per heavy atom. The molecule has 2 aromatic carbocycles. The van der Waals surface area contributed by atoms with Gasteiger partial charge in [-0.05, 0) is 117 Å². The van der Waals surface area contributed by atoms with E-state index in [1.807, 2.05) is 79.0 Å². The van der Waals surface area contributed by atoms with Crippen molar-refractivity contribution < 1.29 is 0 Å². The summed E-state index contributed by atoms with van der Waals surface area (Å²) in [5.41, 5.74) is 42.0. The van der Waals surface area contributed by atoms with Gasteiger partial charge >= 0.3 is 0 Å². The van der Waals surface area contributed by atoms with Crippen LogP contribution in [0.15, 0.2) is 154 Å². The van der Waals surface area contributed by atoms with Gasteiger partial charge in [0.05, 0.1) is 0 Å². The van der Waals surface area contributed by atoms with Gasteiger partial charge in [0.2, 0.25) is 0 Å². The minimum atomic E-state index is 0.164. The van der Waals surface area contributed by atoms with Gasteiger partial charge in [-0.2, -0.15) is 0 Å². The van der Waals surface area contributed by atoms with Crippen molar-refractivity contribution >= 4 is 23.6 Å². The first-order valence-electron chi connectivity index (χ1n) is 23.2. The Hall–Kier alpha value is -6.03. The quantitative estimate of drug-likeness (QED) is 0.0620. The third-order valence-corrected chi connectivity index (χ3v) is 12.5. The molecule has 0 radical (unpaired) electrons. The molecule has 2 aromatic rings. The number of guanidine groups is 3. The van der Waals surface area contributed by atoms with Crippen LogP contribution in [-0.4, -0.2) is 50.1 Å². The number of aliphatic imine (C=N–C) groups is 3. The summed E-state index contributed by atoms with van der Waals surface area (Å²) >= 11 is 0. The zero-order chi connectivity index (χ0) is 44.7. The molecule has 12 N–H and O–H groups in total. The van der Waals surface area contributed by atoms with Crippen molar-refractivity contribution in [2.24, 2.45) is 55.3 Å². The Morgan fingerprint density at radius 3 is 1.89 bits per heavy atom. The van der Waals surface area contributed by atoms with E-state index in [0.717, 1.165) is 51.1 Å². The van der Waals surface area contributed by atoms with Crippen molar-refractivity contribution in [2.75, 3.05) is 31.1 Å². The van der Waals surface area contributed by atoms with Gasteiger partial charge in [0.25, 0.3) is 0 Å². The second kappa shape index (κ2) is 26.4. The molecule has 0 bridgehead atoms. The minimum Gasteiger partial charge on any atom is -0.370 e. The molecular formula is C53H74N10. The van der Waals surface area contributed by atoms with Crippen LogP contribution >= 0.6 is 0 Å². The van der Waals surface area contributed by atoms with Gasteiger partial charge in [-0.1, -0.05) is 146 Å². The van der Waals surface area contributed by atoms with Crippen molar-refractivity contribution in [1.82, 2.24) is 0 Å². The summed E-state index contributed by atoms with van der Waals surface area (Å²) in [6, 6.07) is 17.1. The fraction of sp³-hybridized carbons (Fsp3) is 0.415. The number of hydrogen-bond acceptors (Lipinski definition) is 4. The molecule has 0 aromatic heterocycles. The zero-order valence-electron chi connectivity index (χ0n) is 37.7. The minimum absolute atomic E-state index is 0.164. The second-order valence-corrected chi connectivity index (χ2v) is 17.3. The summed E-state index contributed by atoms with van der Waals surface area (Å²) in [6.45, 7) is 5.09. The van der Waals surface area contributed by atoms with Crippen LogP contribution in [0, 0.1) is 5.92 Å². The molecule has 0 amide bonds. The molecule has 10 heteroatoms. The van der Waals surface area contributed by atoms with Crippen LogP contribution in [0.1, 0.15) is 118 Å². The average molecular weight is 851 g/mol. The Kier molecular flexibility index (Phi) is 20.2. The fourth-order valence-electron chi connectivity index (χ4n) is 9.56. The highest BCUT2D eigenvalue weighted by atomic mass is 15.2. The number of fused-ring (bicyclic) bond motifs is 3. The molecule has 1 heterocycles. The van der Waals surface area contributed by atoms with Gasteiger partial charge in [-0.25, -0.2) is 0 Å². The number of nitrogens with two attached hydrogens (primary N) is 6. The molecule has 5 aliphatic rings. The van der Waals surface area contributed by atoms with Crippen molar-refractivity contribution in [1.29, 1.82) is 0 Å². The van der Waals surface area contributed by atoms with Crippen LogP contribution in [0.25, 0.3) is 0 Å². The molecule has 5 atom stereocenters. The third-order valence-electron chi connectivity index (χ3n) is 12.5. The highest BCUT2D eigenvalue weighted by molar-refractivity contribution is 5.76. The van der Waals surface area contributed by atoms with E-state index < -0.39 is 0 Å². The maximum absolute atomic E-state index is 5.66. The van der Waals surface area contributed by atoms with Crippen molar-refractivity contribution in [3.8, 4) is 0 Å². The summed E-state index contributed by atoms with van der Waals surface area (Å²) in [4.78, 5) is 15.4. The van der Waals surface area contributed by atoms with Gasteiger partial charge < -0.3 is 39.3 Å². The number of rotatable bonds is 14. The summed E-state index contributed by atoms with van der Waals surface area (Å²) in [5.74, 6) is 2.99. The Balaban J connectivity index is 0.000000363. The number of allylic oxidation sites excluding steroid dienone is 16. The molecule has 10 nitrogen and oxygen atoms in total. The number of benzene rings is 2. The number of hydrogen-bond donors (Lipinski definition) is 6. The van der Waals surface area contributed by atoms with E-state index >= 15 is 0 Å². The van der Waals surface area contributed by atoms with Crippen LogP contribution in [0.3, 0.4) is 0 Å². The van der Waals surface area contributed by atoms with Gasteiger partial charge in [0.15, 0.2) is 17.9 Å². The van der Waals surface area contributed by atoms with Gasteiger partial charge in [0, 0.05) is 43.8 Å². The second-order valence-electron chi connectivity index (χ2n) is 17.3. The molecule has 2 fully saturated rings. The van der Waals surface area contributed by atoms with Crippen LogP contribution in [0.5, 0.6) is 0 Å². The smallest absolute Gasteiger partial charge is 0.185 e. The standard InChI is InChI=1S/C36H56N10.C9H10.C8H8/c37-34(38)43-16-3-8-24-6-1-10-26(20-24)28-12-14-30-31-15-13-29(27-11-2-7-25(21-27)9-4-17-44-35(39)40)23-33(31)46(32(30)22-28)19-5-18-45-36(41)42;1-9-7-5-3-2-4-6-8-9;1-2-4-6-8-7-5-3-1/h1,6,10,13,15,20,23,25,27-28,30,32H,2-5,7-9,11-12,14,16-19,21-22H2,(H4,37,38,43)(H4,39,40,44)(H4,41,42,45);2-8H,1H3;1-8H/b;3-2-,4-2?,5-3?,6-4-,7-5-,8-6?,9-7?,9-8-;2-1-,3-1?,4-2?,5-3-,6-4-,7-5?,8-6?,8-7-. The summed E-state index contributed by atoms with van der Waals surface area (Å²) < 4.78 is 0. The first-order chi connectivity index (χ1) is 30.7. The molecule has 1 aliphatic heterocycles. The molecule has 5 unspecified atom stereocenters. The Bertz CT molecular complexity index is 2010. The van der Waals surface area contributed by atoms with Gasteiger partial charge in [-0.3, -0.25) is 15.0 Å². The van der Waals surface area contributed by atoms with E-state index in [-0.39, 0.29) is 17.9 Å². The summed E-state index contributed by atoms with van der Waals surface area (Å²) in [7, 11) is 0. The van der Waals surface area contributed by atoms with Crippen molar-refractivity contribution in [3.05, 3.63) is 161 Å². The highest BCUT2D eigenvalue weighted by Crippen LogP contribution is 2.52. The first kappa shape index (κ1) is 48.0. The molecular weight excluding hydrogens is 777 g/mol. The lowest BCUT2D eigenvalue weighted by Crippen LogP contribution is -2.39. The van der Waals surface area contributed by atoms with Crippen molar-refractivity contribution in [3.63, 3.8) is 0 Å². The molecule has 63 heavy (non-hydrogen) atoms. The van der Waals surface area contributed by atoms with E-state index in [9.17, 15) is 0 Å². The Morgan fingerprint density at radius 2 is 1.21 bits per heavy atom. The average Bonchev–Trinajstić information content (AvgIpc) is 3.56. The van der Waals surface area contributed by atoms with E-state index in [4.69, 9.17) is 34.4 Å². The van der Waals surface area contributed by atoms with E-state index in [1.165, 1.54) is 78.5 Å². The molecule has 0 spiro atoms. The molecule has 0 saturated heterocycles. The van der Waals surface area contributed by atoms with Crippen LogP contribution in [-0.2, 0) is 6.42 Å². The van der Waals surface area contributed by atoms with Crippen molar-refractivity contribution in [2.45, 2.75) is 108 Å². The fourth-order valence-corrected chi connectivity index (χ4v) is 9.56. The third kappa shape index (κ3) is 16.6. The van der Waals surface area contributed by atoms with Crippen LogP contribution < -0.4 is 39.3 Å². The SMILES string of the molecule is C1=C\C=C/C=C\C=C/1.CC1=C/C=C\C=C/C=C\1.NC(N)=NCCCc1cccc(C2CCC3c4ccc(C5CCCC(CCCN=C(N)N)C5)cc4N(CCCN=C(N)N)C3C2)c1. The first-order valence-corrected chi connectivity index (χ1v) is 23.2. The largest absolute Gasteiger partial charge is 0.370 e. The normalized spacial score (nSPS) is 26.1. The van der Waals surface area contributed by atoms with Gasteiger partial charge in [-0.15, -0.1) is 0 Å². The number of nitrogens with zero attached hydrogens (tertiary/aromatic N) is 4. The van der Waals surface area contributed by atoms with E-state index in [2.05, 4.69) is 81.4 Å². The predicted molar refractivity (Wildman–Crippen MR) is 270 cm³/mol. The number of anilines is 1.